The van der Waals surface area contributed by atoms with Crippen LogP contribution in [-0.2, 0) is 27.3 Å². The quantitative estimate of drug-likeness (QED) is 0.148. The van der Waals surface area contributed by atoms with Gasteiger partial charge in [-0.1, -0.05) is 48.0 Å². The second-order valence-corrected chi connectivity index (χ2v) is 9.92. The molecule has 0 aliphatic heterocycles. The van der Waals surface area contributed by atoms with E-state index in [4.69, 9.17) is 30.9 Å². The van der Waals surface area contributed by atoms with Crippen LogP contribution in [0.25, 0.3) is 0 Å². The minimum atomic E-state index is -0.328. The lowest BCUT2D eigenvalue weighted by Gasteiger charge is -2.19. The maximum atomic E-state index is 13.3. The van der Waals surface area contributed by atoms with E-state index < -0.39 is 0 Å². The maximum Gasteiger partial charge on any atom is 0.165 e. The highest BCUT2D eigenvalue weighted by Gasteiger charge is 2.16. The van der Waals surface area contributed by atoms with Crippen molar-refractivity contribution >= 4 is 18.4 Å². The van der Waals surface area contributed by atoms with Crippen LogP contribution < -0.4 is 4.89 Å². The Bertz CT molecular complexity index is 1370. The van der Waals surface area contributed by atoms with Crippen molar-refractivity contribution in [3.05, 3.63) is 129 Å². The van der Waals surface area contributed by atoms with Crippen LogP contribution in [0, 0.1) is 19.7 Å². The van der Waals surface area contributed by atoms with Crippen LogP contribution in [0.1, 0.15) is 51.5 Å². The summed E-state index contributed by atoms with van der Waals surface area (Å²) in [5.41, 5.74) is 7.08. The van der Waals surface area contributed by atoms with E-state index in [2.05, 4.69) is 13.8 Å². The zero-order valence-corrected chi connectivity index (χ0v) is 23.7. The zero-order valence-electron chi connectivity index (χ0n) is 23.0. The molecule has 1 N–H and O–H groups in total. The third-order valence-corrected chi connectivity index (χ3v) is 6.80. The standard InChI is InChI=1S/C32H32ClFO4.CH2O/c1-21-15-29(37-38-32(13-14-36-3)25-5-4-6-27(33)20-25)16-22(2)30(21)19-24-9-12-31(35)26(18-24)17-23-7-10-28(34)11-8-23;1-2/h4-12,15-16,18,20,32,35H,13-14,17,19H2,1-3H3;1H2/t32-;/m0./s1. The molecule has 4 aromatic carbocycles. The second kappa shape index (κ2) is 15.2. The van der Waals surface area contributed by atoms with Crippen molar-refractivity contribution in [2.24, 2.45) is 0 Å². The molecule has 0 aromatic heterocycles. The number of benzene rings is 4. The van der Waals surface area contributed by atoms with Crippen LogP contribution in [0.15, 0.2) is 78.9 Å². The lowest BCUT2D eigenvalue weighted by atomic mass is 9.93. The summed E-state index contributed by atoms with van der Waals surface area (Å²) >= 11 is 6.17. The molecule has 0 fully saturated rings. The molecule has 0 unspecified atom stereocenters. The largest absolute Gasteiger partial charge is 0.508 e. The first-order chi connectivity index (χ1) is 19.3. The number of hydrogen-bond acceptors (Lipinski definition) is 5. The van der Waals surface area contributed by atoms with Crippen molar-refractivity contribution in [2.75, 3.05) is 13.7 Å². The smallest absolute Gasteiger partial charge is 0.165 e. The predicted molar refractivity (Wildman–Crippen MR) is 156 cm³/mol. The van der Waals surface area contributed by atoms with E-state index in [1.807, 2.05) is 55.3 Å². The summed E-state index contributed by atoms with van der Waals surface area (Å²) in [5.74, 6) is 0.580. The number of halogens is 2. The van der Waals surface area contributed by atoms with E-state index in [0.29, 0.717) is 36.6 Å². The summed E-state index contributed by atoms with van der Waals surface area (Å²) in [7, 11) is 1.65. The van der Waals surface area contributed by atoms with Gasteiger partial charge in [0.1, 0.15) is 24.5 Å². The van der Waals surface area contributed by atoms with Gasteiger partial charge in [0.25, 0.3) is 0 Å². The Morgan fingerprint density at radius 3 is 2.23 bits per heavy atom. The van der Waals surface area contributed by atoms with E-state index in [1.54, 1.807) is 25.3 Å². The Balaban J connectivity index is 0.00000216. The highest BCUT2D eigenvalue weighted by molar-refractivity contribution is 6.30. The van der Waals surface area contributed by atoms with Crippen LogP contribution in [0.2, 0.25) is 5.02 Å². The lowest BCUT2D eigenvalue weighted by Crippen LogP contribution is -2.10. The maximum absolute atomic E-state index is 13.3. The van der Waals surface area contributed by atoms with Crippen LogP contribution in [0.4, 0.5) is 4.39 Å². The first-order valence-corrected chi connectivity index (χ1v) is 13.2. The fourth-order valence-electron chi connectivity index (χ4n) is 4.51. The molecule has 0 bridgehead atoms. The van der Waals surface area contributed by atoms with Gasteiger partial charge in [-0.15, -0.1) is 0 Å². The van der Waals surface area contributed by atoms with E-state index >= 15 is 0 Å². The SMILES string of the molecule is C=O.COCC[C@H](OOc1cc(C)c(Cc2ccc(O)c(Cc3ccc(F)cc3)c2)c(C)c1)c1cccc(Cl)c1. The van der Waals surface area contributed by atoms with E-state index in [1.165, 1.54) is 17.7 Å². The molecule has 1 atom stereocenters. The van der Waals surface area contributed by atoms with Gasteiger partial charge in [-0.3, -0.25) is 0 Å². The number of carbonyl (C=O) groups is 1. The molecule has 40 heavy (non-hydrogen) atoms. The third kappa shape index (κ3) is 8.65. The van der Waals surface area contributed by atoms with E-state index in [-0.39, 0.29) is 17.7 Å². The minimum absolute atomic E-state index is 0.232. The summed E-state index contributed by atoms with van der Waals surface area (Å²) < 4.78 is 18.5. The van der Waals surface area contributed by atoms with Gasteiger partial charge in [0.15, 0.2) is 5.75 Å². The molecule has 210 valence electrons. The molecule has 0 spiro atoms. The van der Waals surface area contributed by atoms with Gasteiger partial charge in [-0.2, -0.15) is 4.89 Å². The molecule has 0 amide bonds. The van der Waals surface area contributed by atoms with Crippen LogP contribution in [-0.4, -0.2) is 25.6 Å². The van der Waals surface area contributed by atoms with Crippen molar-refractivity contribution < 1.29 is 28.8 Å². The average Bonchev–Trinajstić information content (AvgIpc) is 2.95. The summed E-state index contributed by atoms with van der Waals surface area (Å²) in [5, 5.41) is 11.0. The molecule has 4 aromatic rings. The normalized spacial score (nSPS) is 11.4. The first kappa shape index (κ1) is 30.8. The molecule has 0 aliphatic rings. The molecule has 5 nitrogen and oxygen atoms in total. The highest BCUT2D eigenvalue weighted by Crippen LogP contribution is 2.30. The van der Waals surface area contributed by atoms with Crippen LogP contribution in [0.5, 0.6) is 11.5 Å². The van der Waals surface area contributed by atoms with E-state index in [0.717, 1.165) is 33.4 Å². The van der Waals surface area contributed by atoms with Crippen molar-refractivity contribution in [2.45, 2.75) is 39.2 Å². The molecule has 0 radical (unpaired) electrons. The van der Waals surface area contributed by atoms with Crippen LogP contribution >= 0.6 is 11.6 Å². The lowest BCUT2D eigenvalue weighted by molar-refractivity contribution is -0.251. The first-order valence-electron chi connectivity index (χ1n) is 12.8. The van der Waals surface area contributed by atoms with Gasteiger partial charge >= 0.3 is 0 Å². The number of methoxy groups -OCH3 is 1. The summed E-state index contributed by atoms with van der Waals surface area (Å²) in [6, 6.07) is 23.5. The highest BCUT2D eigenvalue weighted by atomic mass is 35.5. The van der Waals surface area contributed by atoms with Gasteiger partial charge in [-0.25, -0.2) is 4.39 Å². The Morgan fingerprint density at radius 1 is 0.900 bits per heavy atom. The van der Waals surface area contributed by atoms with Gasteiger partial charge < -0.3 is 19.5 Å². The van der Waals surface area contributed by atoms with Gasteiger partial charge in [0, 0.05) is 31.6 Å². The molecule has 0 saturated heterocycles. The topological polar surface area (TPSA) is 65.0 Å². The molecule has 4 rings (SSSR count). The molecular formula is C33H34ClFO5. The fourth-order valence-corrected chi connectivity index (χ4v) is 4.71. The third-order valence-electron chi connectivity index (χ3n) is 6.57. The molecule has 0 heterocycles. The number of hydrogen-bond donors (Lipinski definition) is 1. The van der Waals surface area contributed by atoms with Gasteiger partial charge in [0.2, 0.25) is 0 Å². The Hall–Kier alpha value is -3.71. The molecular weight excluding hydrogens is 531 g/mol. The van der Waals surface area contributed by atoms with Crippen molar-refractivity contribution in [3.8, 4) is 11.5 Å². The summed E-state index contributed by atoms with van der Waals surface area (Å²) in [4.78, 5) is 19.6. The predicted octanol–water partition coefficient (Wildman–Crippen LogP) is 7.89. The number of ether oxygens (including phenoxy) is 1. The van der Waals surface area contributed by atoms with Crippen molar-refractivity contribution in [1.29, 1.82) is 0 Å². The fraction of sp³-hybridized carbons (Fsp3) is 0.242. The van der Waals surface area contributed by atoms with Crippen molar-refractivity contribution in [1.82, 2.24) is 0 Å². The monoisotopic (exact) mass is 564 g/mol. The van der Waals surface area contributed by atoms with Gasteiger partial charge in [-0.05, 0) is 102 Å². The number of phenolic OH excluding ortho intramolecular Hbond substituents is 1. The number of rotatable bonds is 11. The van der Waals surface area contributed by atoms with Crippen LogP contribution in [0.3, 0.4) is 0 Å². The average molecular weight is 565 g/mol. The minimum Gasteiger partial charge on any atom is -0.508 e. The second-order valence-electron chi connectivity index (χ2n) is 9.48. The number of carbonyl (C=O) groups excluding carboxylic acids is 1. The number of aryl methyl sites for hydroxylation is 2. The number of aromatic hydroxyl groups is 1. The zero-order chi connectivity index (χ0) is 29.1. The van der Waals surface area contributed by atoms with Crippen molar-refractivity contribution in [3.63, 3.8) is 0 Å². The summed E-state index contributed by atoms with van der Waals surface area (Å²) in [6.45, 7) is 6.62. The Kier molecular flexibility index (Phi) is 11.7. The molecule has 0 saturated carbocycles. The Labute approximate surface area is 240 Å². The van der Waals surface area contributed by atoms with Gasteiger partial charge in [0.05, 0.1) is 0 Å². The number of phenols is 1. The van der Waals surface area contributed by atoms with E-state index in [9.17, 15) is 9.50 Å². The molecule has 7 heteroatoms. The Morgan fingerprint density at radius 2 is 1.57 bits per heavy atom. The molecule has 0 aliphatic carbocycles. The summed E-state index contributed by atoms with van der Waals surface area (Å²) in [6.07, 6.45) is 1.52.